The van der Waals surface area contributed by atoms with Crippen molar-refractivity contribution < 1.29 is 27.4 Å². The number of anilines is 2. The van der Waals surface area contributed by atoms with Gasteiger partial charge in [0.05, 0.1) is 18.6 Å². The van der Waals surface area contributed by atoms with Gasteiger partial charge in [-0.1, -0.05) is 13.0 Å². The largest absolute Gasteiger partial charge is 0.497 e. The molecule has 0 spiro atoms. The summed E-state index contributed by atoms with van der Waals surface area (Å²) in [6.45, 7) is 4.24. The second-order valence-corrected chi connectivity index (χ2v) is 8.95. The average Bonchev–Trinajstić information content (AvgIpc) is 2.84. The highest BCUT2D eigenvalue weighted by atomic mass is 32.2. The smallest absolute Gasteiger partial charge is 0.265 e. The number of hydrogen-bond donors (Lipinski definition) is 2. The topological polar surface area (TPSA) is 103 Å². The molecule has 0 bridgehead atoms. The maximum absolute atomic E-state index is 12.7. The fourth-order valence-corrected chi connectivity index (χ4v) is 4.16. The van der Waals surface area contributed by atoms with Gasteiger partial charge in [-0.3, -0.25) is 9.52 Å². The van der Waals surface area contributed by atoms with Crippen LogP contribution >= 0.6 is 0 Å². The van der Waals surface area contributed by atoms with Crippen LogP contribution < -0.4 is 24.2 Å². The zero-order chi connectivity index (χ0) is 24.6. The molecule has 0 heterocycles. The fraction of sp³-hybridized carbons (Fsp3) is 0.240. The van der Waals surface area contributed by atoms with E-state index in [-0.39, 0.29) is 10.8 Å². The number of methoxy groups -OCH3 is 1. The Morgan fingerprint density at radius 3 is 2.15 bits per heavy atom. The van der Waals surface area contributed by atoms with E-state index in [0.717, 1.165) is 0 Å². The third-order valence-corrected chi connectivity index (χ3v) is 6.23. The van der Waals surface area contributed by atoms with E-state index in [1.165, 1.54) is 24.3 Å². The predicted molar refractivity (Wildman–Crippen MR) is 131 cm³/mol. The molecule has 3 aromatic rings. The number of rotatable bonds is 11. The van der Waals surface area contributed by atoms with E-state index < -0.39 is 16.1 Å². The van der Waals surface area contributed by atoms with Gasteiger partial charge in [0, 0.05) is 17.4 Å². The third kappa shape index (κ3) is 6.64. The maximum Gasteiger partial charge on any atom is 0.265 e. The second-order valence-electron chi connectivity index (χ2n) is 7.27. The summed E-state index contributed by atoms with van der Waals surface area (Å²) < 4.78 is 44.3. The molecule has 3 aromatic carbocycles. The molecular formula is C25H28N2O6S. The van der Waals surface area contributed by atoms with Gasteiger partial charge in [0.1, 0.15) is 17.2 Å². The lowest BCUT2D eigenvalue weighted by Crippen LogP contribution is -2.32. The molecule has 0 aliphatic rings. The summed E-state index contributed by atoms with van der Waals surface area (Å²) in [5, 5.41) is 2.76. The van der Waals surface area contributed by atoms with Gasteiger partial charge in [-0.05, 0) is 74.0 Å². The van der Waals surface area contributed by atoms with E-state index in [1.807, 2.05) is 13.8 Å². The number of hydrogen-bond acceptors (Lipinski definition) is 6. The van der Waals surface area contributed by atoms with Gasteiger partial charge < -0.3 is 19.5 Å². The summed E-state index contributed by atoms with van der Waals surface area (Å²) in [5.74, 6) is 1.46. The third-order valence-electron chi connectivity index (χ3n) is 4.83. The van der Waals surface area contributed by atoms with Crippen LogP contribution in [0, 0.1) is 0 Å². The number of benzene rings is 3. The predicted octanol–water partition coefficient (Wildman–Crippen LogP) is 4.69. The zero-order valence-electron chi connectivity index (χ0n) is 19.3. The van der Waals surface area contributed by atoms with Gasteiger partial charge in [0.2, 0.25) is 0 Å². The number of carbonyl (C=O) groups excluding carboxylic acids is 1. The van der Waals surface area contributed by atoms with Crippen LogP contribution in [0.2, 0.25) is 0 Å². The second kappa shape index (κ2) is 11.4. The molecule has 0 aliphatic carbocycles. The molecule has 0 saturated carbocycles. The van der Waals surface area contributed by atoms with E-state index in [1.54, 1.807) is 55.6 Å². The Labute approximate surface area is 199 Å². The van der Waals surface area contributed by atoms with Crippen molar-refractivity contribution in [2.24, 2.45) is 0 Å². The molecule has 0 radical (unpaired) electrons. The van der Waals surface area contributed by atoms with Crippen LogP contribution in [0.3, 0.4) is 0 Å². The van der Waals surface area contributed by atoms with Crippen LogP contribution in [0.5, 0.6) is 17.2 Å². The fourth-order valence-electron chi connectivity index (χ4n) is 3.10. The van der Waals surface area contributed by atoms with Crippen LogP contribution in [0.4, 0.5) is 11.4 Å². The molecule has 0 unspecified atom stereocenters. The Kier molecular flexibility index (Phi) is 8.37. The van der Waals surface area contributed by atoms with Gasteiger partial charge in [0.25, 0.3) is 15.9 Å². The Balaban J connectivity index is 1.63. The number of carbonyl (C=O) groups is 1. The number of ether oxygens (including phenoxy) is 3. The Morgan fingerprint density at radius 1 is 0.882 bits per heavy atom. The lowest BCUT2D eigenvalue weighted by molar-refractivity contribution is -0.122. The molecule has 1 amide bonds. The standard InChI is InChI=1S/C25H28N2O6S/c1-4-24(33-22-8-6-7-21(17-22)31-3)25(28)26-18-11-15-23(16-12-18)34(29,30)27-19-9-13-20(14-10-19)32-5-2/h6-17,24,27H,4-5H2,1-3H3,(H,26,28)/t24-/m0/s1. The Hall–Kier alpha value is -3.72. The van der Waals surface area contributed by atoms with Crippen molar-refractivity contribution in [2.75, 3.05) is 23.8 Å². The van der Waals surface area contributed by atoms with Crippen LogP contribution in [-0.2, 0) is 14.8 Å². The minimum Gasteiger partial charge on any atom is -0.497 e. The van der Waals surface area contributed by atoms with Crippen molar-refractivity contribution in [3.05, 3.63) is 72.8 Å². The first kappa shape index (κ1) is 24.9. The quantitative estimate of drug-likeness (QED) is 0.409. The molecular weight excluding hydrogens is 456 g/mol. The summed E-state index contributed by atoms with van der Waals surface area (Å²) in [6, 6.07) is 19.6. The molecule has 3 rings (SSSR count). The highest BCUT2D eigenvalue weighted by Gasteiger charge is 2.20. The minimum absolute atomic E-state index is 0.0686. The first-order valence-corrected chi connectivity index (χ1v) is 12.3. The summed E-state index contributed by atoms with van der Waals surface area (Å²) in [5.41, 5.74) is 0.874. The monoisotopic (exact) mass is 484 g/mol. The summed E-state index contributed by atoms with van der Waals surface area (Å²) in [4.78, 5) is 12.8. The van der Waals surface area contributed by atoms with Crippen LogP contribution in [0.25, 0.3) is 0 Å². The molecule has 8 nitrogen and oxygen atoms in total. The molecule has 2 N–H and O–H groups in total. The maximum atomic E-state index is 12.7. The SMILES string of the molecule is CCOc1ccc(NS(=O)(=O)c2ccc(NC(=O)[C@H](CC)Oc3cccc(OC)c3)cc2)cc1. The summed E-state index contributed by atoms with van der Waals surface area (Å²) >= 11 is 0. The molecule has 0 fully saturated rings. The Morgan fingerprint density at radius 2 is 1.53 bits per heavy atom. The molecule has 180 valence electrons. The first-order chi connectivity index (χ1) is 16.3. The van der Waals surface area contributed by atoms with Crippen molar-refractivity contribution in [3.63, 3.8) is 0 Å². The molecule has 0 saturated heterocycles. The van der Waals surface area contributed by atoms with Crippen molar-refractivity contribution in [2.45, 2.75) is 31.3 Å². The van der Waals surface area contributed by atoms with Gasteiger partial charge in [-0.15, -0.1) is 0 Å². The van der Waals surface area contributed by atoms with Gasteiger partial charge >= 0.3 is 0 Å². The van der Waals surface area contributed by atoms with Crippen LogP contribution in [0.1, 0.15) is 20.3 Å². The highest BCUT2D eigenvalue weighted by Crippen LogP contribution is 2.23. The normalized spacial score (nSPS) is 11.9. The average molecular weight is 485 g/mol. The summed E-state index contributed by atoms with van der Waals surface area (Å²) in [6.07, 6.45) is -0.279. The number of nitrogens with one attached hydrogen (secondary N) is 2. The zero-order valence-corrected chi connectivity index (χ0v) is 20.1. The molecule has 0 aliphatic heterocycles. The Bertz CT molecular complexity index is 1190. The van der Waals surface area contributed by atoms with Crippen molar-refractivity contribution in [3.8, 4) is 17.2 Å². The number of sulfonamides is 1. The molecule has 0 aromatic heterocycles. The van der Waals surface area contributed by atoms with E-state index in [2.05, 4.69) is 10.0 Å². The van der Waals surface area contributed by atoms with E-state index in [4.69, 9.17) is 14.2 Å². The van der Waals surface area contributed by atoms with Crippen LogP contribution in [-0.4, -0.2) is 34.1 Å². The molecule has 1 atom stereocenters. The van der Waals surface area contributed by atoms with Crippen molar-refractivity contribution >= 4 is 27.3 Å². The first-order valence-electron chi connectivity index (χ1n) is 10.8. The molecule has 34 heavy (non-hydrogen) atoms. The highest BCUT2D eigenvalue weighted by molar-refractivity contribution is 7.92. The number of amides is 1. The van der Waals surface area contributed by atoms with Crippen molar-refractivity contribution in [1.82, 2.24) is 0 Å². The lowest BCUT2D eigenvalue weighted by Gasteiger charge is -2.18. The van der Waals surface area contributed by atoms with Gasteiger partial charge in [0.15, 0.2) is 6.10 Å². The summed E-state index contributed by atoms with van der Waals surface area (Å²) in [7, 11) is -2.24. The van der Waals surface area contributed by atoms with Gasteiger partial charge in [-0.25, -0.2) is 8.42 Å². The van der Waals surface area contributed by atoms with E-state index in [0.29, 0.717) is 41.7 Å². The molecule has 9 heteroatoms. The van der Waals surface area contributed by atoms with Crippen molar-refractivity contribution in [1.29, 1.82) is 0 Å². The lowest BCUT2D eigenvalue weighted by atomic mass is 10.2. The minimum atomic E-state index is -3.79. The van der Waals surface area contributed by atoms with E-state index in [9.17, 15) is 13.2 Å². The van der Waals surface area contributed by atoms with Crippen LogP contribution in [0.15, 0.2) is 77.7 Å². The van der Waals surface area contributed by atoms with E-state index >= 15 is 0 Å². The van der Waals surface area contributed by atoms with Gasteiger partial charge in [-0.2, -0.15) is 0 Å².